The predicted molar refractivity (Wildman–Crippen MR) is 92.0 cm³/mol. The van der Waals surface area contributed by atoms with Gasteiger partial charge in [-0.15, -0.1) is 0 Å². The van der Waals surface area contributed by atoms with Gasteiger partial charge in [-0.2, -0.15) is 0 Å². The van der Waals surface area contributed by atoms with E-state index in [0.717, 1.165) is 43.4 Å². The van der Waals surface area contributed by atoms with E-state index in [1.54, 1.807) is 0 Å². The molecule has 1 saturated carbocycles. The first kappa shape index (κ1) is 15.8. The molecule has 0 heterocycles. The van der Waals surface area contributed by atoms with Crippen molar-refractivity contribution in [1.82, 2.24) is 0 Å². The second-order valence-electron chi connectivity index (χ2n) is 6.26. The first-order valence-electron chi connectivity index (χ1n) is 8.33. The third-order valence-corrected chi connectivity index (χ3v) is 4.69. The Morgan fingerprint density at radius 1 is 0.913 bits per heavy atom. The fourth-order valence-electron chi connectivity index (χ4n) is 3.18. The van der Waals surface area contributed by atoms with Crippen molar-refractivity contribution in [2.24, 2.45) is 17.6 Å². The molecule has 0 saturated heterocycles. The van der Waals surface area contributed by atoms with Gasteiger partial charge in [-0.25, -0.2) is 0 Å². The molecule has 0 amide bonds. The highest BCUT2D eigenvalue weighted by Gasteiger charge is 2.27. The first-order chi connectivity index (χ1) is 11.3. The third-order valence-electron chi connectivity index (χ3n) is 4.69. The summed E-state index contributed by atoms with van der Waals surface area (Å²) in [6, 6.07) is 17.9. The largest absolute Gasteiger partial charge is 0.426 e. The van der Waals surface area contributed by atoms with Crippen LogP contribution in [0, 0.1) is 11.8 Å². The van der Waals surface area contributed by atoms with Crippen molar-refractivity contribution >= 4 is 5.97 Å². The number of hydrogen-bond donors (Lipinski definition) is 1. The van der Waals surface area contributed by atoms with Gasteiger partial charge in [-0.1, -0.05) is 42.5 Å². The van der Waals surface area contributed by atoms with Crippen molar-refractivity contribution in [1.29, 1.82) is 0 Å². The minimum Gasteiger partial charge on any atom is -0.426 e. The maximum Gasteiger partial charge on any atom is 0.314 e. The molecule has 2 aromatic rings. The Bertz CT molecular complexity index is 628. The third kappa shape index (κ3) is 3.99. The number of carbonyl (C=O) groups excluding carboxylic acids is 1. The molecule has 2 N–H and O–H groups in total. The van der Waals surface area contributed by atoms with Crippen LogP contribution in [-0.2, 0) is 4.79 Å². The zero-order chi connectivity index (χ0) is 16.1. The summed E-state index contributed by atoms with van der Waals surface area (Å²) in [5.41, 5.74) is 7.97. The molecule has 2 aromatic carbocycles. The number of hydrogen-bond acceptors (Lipinski definition) is 3. The molecule has 3 heteroatoms. The van der Waals surface area contributed by atoms with Crippen LogP contribution in [0.15, 0.2) is 54.6 Å². The molecule has 1 fully saturated rings. The SMILES string of the molecule is NCC1CCC(C(=O)Oc2ccc(-c3ccccc3)cc2)CC1. The monoisotopic (exact) mass is 309 g/mol. The van der Waals surface area contributed by atoms with E-state index in [-0.39, 0.29) is 11.9 Å². The Morgan fingerprint density at radius 2 is 1.52 bits per heavy atom. The number of nitrogens with two attached hydrogens (primary N) is 1. The van der Waals surface area contributed by atoms with Crippen LogP contribution in [0.1, 0.15) is 25.7 Å². The summed E-state index contributed by atoms with van der Waals surface area (Å²) in [6.45, 7) is 0.725. The maximum absolute atomic E-state index is 12.3. The summed E-state index contributed by atoms with van der Waals surface area (Å²) in [7, 11) is 0. The lowest BCUT2D eigenvalue weighted by molar-refractivity contribution is -0.140. The van der Waals surface area contributed by atoms with E-state index in [1.165, 1.54) is 0 Å². The van der Waals surface area contributed by atoms with Gasteiger partial charge in [-0.05, 0) is 61.4 Å². The molecule has 23 heavy (non-hydrogen) atoms. The number of carbonyl (C=O) groups is 1. The zero-order valence-corrected chi connectivity index (χ0v) is 13.3. The van der Waals surface area contributed by atoms with Gasteiger partial charge >= 0.3 is 5.97 Å². The van der Waals surface area contributed by atoms with E-state index in [4.69, 9.17) is 10.5 Å². The van der Waals surface area contributed by atoms with Gasteiger partial charge in [0.25, 0.3) is 0 Å². The summed E-state index contributed by atoms with van der Waals surface area (Å²) >= 11 is 0. The smallest absolute Gasteiger partial charge is 0.314 e. The minimum absolute atomic E-state index is 0.0200. The van der Waals surface area contributed by atoms with E-state index >= 15 is 0 Å². The molecule has 0 spiro atoms. The molecule has 0 aliphatic heterocycles. The second-order valence-corrected chi connectivity index (χ2v) is 6.26. The maximum atomic E-state index is 12.3. The Hall–Kier alpha value is -2.13. The van der Waals surface area contributed by atoms with Gasteiger partial charge in [0.2, 0.25) is 0 Å². The van der Waals surface area contributed by atoms with Crippen LogP contribution >= 0.6 is 0 Å². The summed E-state index contributed by atoms with van der Waals surface area (Å²) in [5, 5.41) is 0. The van der Waals surface area contributed by atoms with E-state index in [2.05, 4.69) is 12.1 Å². The van der Waals surface area contributed by atoms with Crippen LogP contribution in [0.25, 0.3) is 11.1 Å². The van der Waals surface area contributed by atoms with Gasteiger partial charge in [0, 0.05) is 0 Å². The quantitative estimate of drug-likeness (QED) is 0.685. The summed E-state index contributed by atoms with van der Waals surface area (Å²) in [6.07, 6.45) is 3.85. The van der Waals surface area contributed by atoms with Crippen LogP contribution in [0.2, 0.25) is 0 Å². The zero-order valence-electron chi connectivity index (χ0n) is 13.3. The van der Waals surface area contributed by atoms with Gasteiger partial charge in [-0.3, -0.25) is 4.79 Å². The van der Waals surface area contributed by atoms with Crippen molar-refractivity contribution < 1.29 is 9.53 Å². The van der Waals surface area contributed by atoms with Crippen molar-refractivity contribution in [2.45, 2.75) is 25.7 Å². The Morgan fingerprint density at radius 3 is 2.13 bits per heavy atom. The molecular weight excluding hydrogens is 286 g/mol. The first-order valence-corrected chi connectivity index (χ1v) is 8.33. The highest BCUT2D eigenvalue weighted by Crippen LogP contribution is 2.30. The number of esters is 1. The molecule has 0 atom stereocenters. The van der Waals surface area contributed by atoms with Gasteiger partial charge in [0.1, 0.15) is 5.75 Å². The van der Waals surface area contributed by atoms with Crippen LogP contribution in [0.5, 0.6) is 5.75 Å². The van der Waals surface area contributed by atoms with E-state index in [1.807, 2.05) is 42.5 Å². The highest BCUT2D eigenvalue weighted by atomic mass is 16.5. The Balaban J connectivity index is 1.59. The lowest BCUT2D eigenvalue weighted by Crippen LogP contribution is -2.28. The standard InChI is InChI=1S/C20H23NO2/c21-14-15-6-8-18(9-7-15)20(22)23-19-12-10-17(11-13-19)16-4-2-1-3-5-16/h1-5,10-13,15,18H,6-9,14,21H2. The minimum atomic E-state index is -0.104. The van der Waals surface area contributed by atoms with Crippen molar-refractivity contribution in [2.75, 3.05) is 6.54 Å². The molecular formula is C20H23NO2. The molecule has 120 valence electrons. The lowest BCUT2D eigenvalue weighted by Gasteiger charge is -2.26. The van der Waals surface area contributed by atoms with Gasteiger partial charge in [0.15, 0.2) is 0 Å². The summed E-state index contributed by atoms with van der Waals surface area (Å²) in [5.74, 6) is 1.11. The average molecular weight is 309 g/mol. The highest BCUT2D eigenvalue weighted by molar-refractivity contribution is 5.75. The van der Waals surface area contributed by atoms with Crippen molar-refractivity contribution in [3.8, 4) is 16.9 Å². The molecule has 3 rings (SSSR count). The van der Waals surface area contributed by atoms with Crippen LogP contribution in [-0.4, -0.2) is 12.5 Å². The summed E-state index contributed by atoms with van der Waals surface area (Å²) in [4.78, 5) is 12.3. The number of benzene rings is 2. The Labute approximate surface area is 137 Å². The average Bonchev–Trinajstić information content (AvgIpc) is 2.63. The van der Waals surface area contributed by atoms with Crippen LogP contribution in [0.3, 0.4) is 0 Å². The molecule has 3 nitrogen and oxygen atoms in total. The van der Waals surface area contributed by atoms with Gasteiger partial charge < -0.3 is 10.5 Å². The fourth-order valence-corrected chi connectivity index (χ4v) is 3.18. The van der Waals surface area contributed by atoms with Crippen LogP contribution in [0.4, 0.5) is 0 Å². The fraction of sp³-hybridized carbons (Fsp3) is 0.350. The van der Waals surface area contributed by atoms with Crippen molar-refractivity contribution in [3.63, 3.8) is 0 Å². The summed E-state index contributed by atoms with van der Waals surface area (Å²) < 4.78 is 5.54. The topological polar surface area (TPSA) is 52.3 Å². The molecule has 1 aliphatic carbocycles. The van der Waals surface area contributed by atoms with Crippen LogP contribution < -0.4 is 10.5 Å². The second kappa shape index (κ2) is 7.42. The molecule has 0 bridgehead atoms. The molecule has 0 radical (unpaired) electrons. The molecule has 0 unspecified atom stereocenters. The lowest BCUT2D eigenvalue weighted by atomic mass is 9.82. The van der Waals surface area contributed by atoms with E-state index in [9.17, 15) is 4.79 Å². The number of ether oxygens (including phenoxy) is 1. The molecule has 1 aliphatic rings. The normalized spacial score (nSPS) is 20.9. The Kier molecular flexibility index (Phi) is 5.09. The van der Waals surface area contributed by atoms with E-state index < -0.39 is 0 Å². The predicted octanol–water partition coefficient (Wildman–Crippen LogP) is 4.02. The van der Waals surface area contributed by atoms with E-state index in [0.29, 0.717) is 11.7 Å². The molecule has 0 aromatic heterocycles. The number of rotatable bonds is 4. The van der Waals surface area contributed by atoms with Gasteiger partial charge in [0.05, 0.1) is 5.92 Å². The van der Waals surface area contributed by atoms with Crippen molar-refractivity contribution in [3.05, 3.63) is 54.6 Å².